The first-order valence-electron chi connectivity index (χ1n) is 16.8. The largest absolute Gasteiger partial charge is 0.350 e. The van der Waals surface area contributed by atoms with Gasteiger partial charge in [0.05, 0.1) is 12.1 Å². The first kappa shape index (κ1) is 37.9. The lowest BCUT2D eigenvalue weighted by Crippen LogP contribution is -2.57. The Bertz CT molecular complexity index is 1450. The number of benzene rings is 2. The normalized spacial score (nSPS) is 14.5. The molecule has 0 saturated carbocycles. The van der Waals surface area contributed by atoms with E-state index in [2.05, 4.69) is 31.6 Å². The summed E-state index contributed by atoms with van der Waals surface area (Å²) in [6.07, 6.45) is 5.02. The molecule has 48 heavy (non-hydrogen) atoms. The van der Waals surface area contributed by atoms with E-state index >= 15 is 0 Å². The minimum Gasteiger partial charge on any atom is -0.350 e. The summed E-state index contributed by atoms with van der Waals surface area (Å²) < 4.78 is 0. The van der Waals surface area contributed by atoms with E-state index in [9.17, 15) is 19.2 Å². The molecule has 3 aromatic rings. The summed E-state index contributed by atoms with van der Waals surface area (Å²) in [5.41, 5.74) is 2.16. The zero-order chi connectivity index (χ0) is 35.1. The third-order valence-electron chi connectivity index (χ3n) is 7.98. The SMILES string of the molecule is CCC[C@H](NC(=O)C(CC(C)(C)C)NC(=O)c1ccncc1)C(=O)N[C@H](CN[C@@H](C)C(=O)N[C@H](C)c1ccccc1)Cc1ccccc1. The topological polar surface area (TPSA) is 141 Å². The monoisotopic (exact) mass is 656 g/mol. The maximum atomic E-state index is 13.8. The standard InChI is InChI=1S/C38H52N6O4/c1-7-14-32(43-37(48)33(24-38(4,5)6)44-35(46)30-19-21-39-22-20-30)36(47)42-31(23-28-15-10-8-11-16-28)25-40-27(3)34(45)41-26(2)29-17-12-9-13-18-29/h8-13,15-22,26-27,31-33,40H,7,14,23-25H2,1-6H3,(H,41,45)(H,42,47)(H,43,48)(H,44,46)/t26-,27+,31+,32+,33?/m1/s1. The first-order chi connectivity index (χ1) is 22.9. The van der Waals surface area contributed by atoms with Crippen LogP contribution in [0.5, 0.6) is 0 Å². The van der Waals surface area contributed by atoms with Gasteiger partial charge < -0.3 is 26.6 Å². The molecule has 3 rings (SSSR count). The lowest BCUT2D eigenvalue weighted by atomic mass is 9.87. The third kappa shape index (κ3) is 12.9. The average molecular weight is 657 g/mol. The molecule has 0 saturated heterocycles. The number of aromatic nitrogens is 1. The molecule has 0 fully saturated rings. The number of pyridine rings is 1. The fourth-order valence-corrected chi connectivity index (χ4v) is 5.35. The second-order valence-electron chi connectivity index (χ2n) is 13.5. The minimum absolute atomic E-state index is 0.147. The molecule has 258 valence electrons. The van der Waals surface area contributed by atoms with Gasteiger partial charge in [0, 0.05) is 30.5 Å². The highest BCUT2D eigenvalue weighted by Gasteiger charge is 2.31. The number of carbonyl (C=O) groups excluding carboxylic acids is 4. The Hall–Kier alpha value is -4.57. The van der Waals surface area contributed by atoms with Crippen LogP contribution in [0.15, 0.2) is 85.2 Å². The van der Waals surface area contributed by atoms with Gasteiger partial charge in [-0.1, -0.05) is 94.8 Å². The van der Waals surface area contributed by atoms with E-state index in [4.69, 9.17) is 0 Å². The van der Waals surface area contributed by atoms with Gasteiger partial charge in [-0.05, 0) is 61.8 Å². The molecule has 0 radical (unpaired) electrons. The molecule has 0 spiro atoms. The molecule has 10 nitrogen and oxygen atoms in total. The summed E-state index contributed by atoms with van der Waals surface area (Å²) in [6.45, 7) is 12.0. The second-order valence-corrected chi connectivity index (χ2v) is 13.5. The van der Waals surface area contributed by atoms with E-state index in [0.29, 0.717) is 37.8 Å². The second kappa shape index (κ2) is 18.7. The fourth-order valence-electron chi connectivity index (χ4n) is 5.35. The van der Waals surface area contributed by atoms with Crippen LogP contribution in [-0.4, -0.2) is 59.3 Å². The predicted octanol–water partition coefficient (Wildman–Crippen LogP) is 4.48. The van der Waals surface area contributed by atoms with Gasteiger partial charge in [0.1, 0.15) is 12.1 Å². The van der Waals surface area contributed by atoms with Gasteiger partial charge in [-0.15, -0.1) is 0 Å². The van der Waals surface area contributed by atoms with Crippen molar-refractivity contribution in [3.05, 3.63) is 102 Å². The van der Waals surface area contributed by atoms with Crippen LogP contribution in [0.1, 0.15) is 88.3 Å². The van der Waals surface area contributed by atoms with E-state index < -0.39 is 24.0 Å². The molecule has 1 aromatic heterocycles. The Labute approximate surface area is 285 Å². The van der Waals surface area contributed by atoms with E-state index in [0.717, 1.165) is 11.1 Å². The summed E-state index contributed by atoms with van der Waals surface area (Å²) in [4.78, 5) is 57.4. The van der Waals surface area contributed by atoms with Crippen LogP contribution < -0.4 is 26.6 Å². The Morgan fingerprint density at radius 2 is 1.33 bits per heavy atom. The van der Waals surface area contributed by atoms with Gasteiger partial charge in [0.2, 0.25) is 17.7 Å². The number of nitrogens with zero attached hydrogens (tertiary/aromatic N) is 1. The molecule has 1 unspecified atom stereocenters. The van der Waals surface area contributed by atoms with Gasteiger partial charge in [-0.25, -0.2) is 0 Å². The van der Waals surface area contributed by atoms with Gasteiger partial charge in [0.15, 0.2) is 0 Å². The van der Waals surface area contributed by atoms with Crippen LogP contribution in [-0.2, 0) is 20.8 Å². The van der Waals surface area contributed by atoms with Crippen LogP contribution >= 0.6 is 0 Å². The molecular formula is C38H52N6O4. The van der Waals surface area contributed by atoms with Gasteiger partial charge in [-0.3, -0.25) is 24.2 Å². The number of rotatable bonds is 17. The zero-order valence-electron chi connectivity index (χ0n) is 29.1. The van der Waals surface area contributed by atoms with Crippen molar-refractivity contribution >= 4 is 23.6 Å². The summed E-state index contributed by atoms with van der Waals surface area (Å²) in [5.74, 6) is -1.27. The quantitative estimate of drug-likeness (QED) is 0.145. The summed E-state index contributed by atoms with van der Waals surface area (Å²) in [6, 6.07) is 20.0. The van der Waals surface area contributed by atoms with Crippen molar-refractivity contribution < 1.29 is 19.2 Å². The lowest BCUT2D eigenvalue weighted by Gasteiger charge is -2.29. The molecule has 1 heterocycles. The van der Waals surface area contributed by atoms with E-state index in [-0.39, 0.29) is 35.2 Å². The number of hydrogen-bond donors (Lipinski definition) is 5. The van der Waals surface area contributed by atoms with Gasteiger partial charge in [-0.2, -0.15) is 0 Å². The lowest BCUT2D eigenvalue weighted by molar-refractivity contribution is -0.130. The molecular weight excluding hydrogens is 604 g/mol. The van der Waals surface area contributed by atoms with Gasteiger partial charge >= 0.3 is 0 Å². The molecule has 4 amide bonds. The minimum atomic E-state index is -0.850. The molecule has 0 aliphatic heterocycles. The highest BCUT2D eigenvalue weighted by molar-refractivity contribution is 5.98. The fraction of sp³-hybridized carbons (Fsp3) is 0.447. The molecule has 5 atom stereocenters. The number of hydrogen-bond acceptors (Lipinski definition) is 6. The molecule has 2 aromatic carbocycles. The van der Waals surface area contributed by atoms with Crippen LogP contribution in [0, 0.1) is 5.41 Å². The number of amides is 4. The van der Waals surface area contributed by atoms with E-state index in [1.807, 2.05) is 95.3 Å². The Morgan fingerprint density at radius 3 is 1.94 bits per heavy atom. The maximum Gasteiger partial charge on any atom is 0.252 e. The summed E-state index contributed by atoms with van der Waals surface area (Å²) >= 11 is 0. The molecule has 0 bridgehead atoms. The first-order valence-corrected chi connectivity index (χ1v) is 16.8. The smallest absolute Gasteiger partial charge is 0.252 e. The van der Waals surface area contributed by atoms with Crippen molar-refractivity contribution in [3.63, 3.8) is 0 Å². The summed E-state index contributed by atoms with van der Waals surface area (Å²) in [7, 11) is 0. The highest BCUT2D eigenvalue weighted by atomic mass is 16.2. The number of nitrogens with one attached hydrogen (secondary N) is 5. The molecule has 10 heteroatoms. The third-order valence-corrected chi connectivity index (χ3v) is 7.98. The van der Waals surface area contributed by atoms with Crippen molar-refractivity contribution in [1.29, 1.82) is 0 Å². The molecule has 0 aliphatic rings. The maximum absolute atomic E-state index is 13.8. The van der Waals surface area contributed by atoms with Crippen molar-refractivity contribution in [1.82, 2.24) is 31.6 Å². The Kier molecular flexibility index (Phi) is 14.7. The van der Waals surface area contributed by atoms with Crippen LogP contribution in [0.2, 0.25) is 0 Å². The summed E-state index contributed by atoms with van der Waals surface area (Å²) in [5, 5.41) is 15.3. The Morgan fingerprint density at radius 1 is 0.729 bits per heavy atom. The van der Waals surface area contributed by atoms with Crippen LogP contribution in [0.25, 0.3) is 0 Å². The predicted molar refractivity (Wildman–Crippen MR) is 189 cm³/mol. The number of carbonyl (C=O) groups is 4. The van der Waals surface area contributed by atoms with Crippen LogP contribution in [0.3, 0.4) is 0 Å². The van der Waals surface area contributed by atoms with Crippen molar-refractivity contribution in [3.8, 4) is 0 Å². The molecule has 0 aliphatic carbocycles. The zero-order valence-corrected chi connectivity index (χ0v) is 29.1. The highest BCUT2D eigenvalue weighted by Crippen LogP contribution is 2.21. The van der Waals surface area contributed by atoms with Crippen molar-refractivity contribution in [2.75, 3.05) is 6.54 Å². The van der Waals surface area contributed by atoms with Crippen molar-refractivity contribution in [2.24, 2.45) is 5.41 Å². The van der Waals surface area contributed by atoms with Gasteiger partial charge in [0.25, 0.3) is 5.91 Å². The average Bonchev–Trinajstić information content (AvgIpc) is 3.07. The Balaban J connectivity index is 1.70. The van der Waals surface area contributed by atoms with E-state index in [1.54, 1.807) is 19.1 Å². The van der Waals surface area contributed by atoms with E-state index in [1.165, 1.54) is 12.4 Å². The molecule has 5 N–H and O–H groups in total. The van der Waals surface area contributed by atoms with Crippen molar-refractivity contribution in [2.45, 2.75) is 97.4 Å². The van der Waals surface area contributed by atoms with Crippen LogP contribution in [0.4, 0.5) is 0 Å².